The minimum Gasteiger partial charge on any atom is -0.756 e. The molecule has 0 aliphatic rings. The molecule has 0 saturated carbocycles. The smallest absolute Gasteiger partial charge is 0.306 e. The van der Waals surface area contributed by atoms with Crippen LogP contribution >= 0.6 is 7.82 Å². The van der Waals surface area contributed by atoms with Crippen LogP contribution in [0.15, 0.2) is 72.9 Å². The van der Waals surface area contributed by atoms with Gasteiger partial charge in [0.2, 0.25) is 0 Å². The summed E-state index contributed by atoms with van der Waals surface area (Å²) in [7, 11) is 1.30. The van der Waals surface area contributed by atoms with E-state index in [4.69, 9.17) is 18.5 Å². The van der Waals surface area contributed by atoms with Crippen LogP contribution in [0.2, 0.25) is 0 Å². The standard InChI is InChI=1S/C44H78NO7P/c1-6-8-10-12-14-16-18-20-22-23-24-25-27-29-31-33-35-37-44(46)52-43(42-51-53(47,48)50-40-38-45(3,4)5)41-49-39-36-34-32-30-28-26-21-19-17-15-13-11-9-7-2/h8,10,14,16-17,19-20,22,24-25,29,31,43H,6-7,9,11-13,15,18,21,23,26-28,30,32-42H2,1-5H3/b10-8-,16-14-,19-17-,22-20-,25-24-,31-29-. The van der Waals surface area contributed by atoms with Crippen molar-refractivity contribution in [2.24, 2.45) is 0 Å². The number of hydrogen-bond donors (Lipinski definition) is 0. The molecule has 0 heterocycles. The Morgan fingerprint density at radius 2 is 1.09 bits per heavy atom. The zero-order chi connectivity index (χ0) is 39.1. The number of likely N-dealkylation sites (N-methyl/N-ethyl adjacent to an activating group) is 1. The number of carbonyl (C=O) groups is 1. The van der Waals surface area contributed by atoms with Crippen molar-refractivity contribution >= 4 is 13.8 Å². The largest absolute Gasteiger partial charge is 0.756 e. The van der Waals surface area contributed by atoms with E-state index in [-0.39, 0.29) is 26.2 Å². The van der Waals surface area contributed by atoms with E-state index < -0.39 is 19.9 Å². The Bertz CT molecular complexity index is 1070. The van der Waals surface area contributed by atoms with Crippen molar-refractivity contribution in [3.05, 3.63) is 72.9 Å². The number of carbonyl (C=O) groups excluding carboxylic acids is 1. The van der Waals surface area contributed by atoms with Crippen LogP contribution in [0.5, 0.6) is 0 Å². The van der Waals surface area contributed by atoms with Gasteiger partial charge in [0.1, 0.15) is 19.3 Å². The zero-order valence-corrected chi connectivity index (χ0v) is 35.3. The van der Waals surface area contributed by atoms with Crippen LogP contribution in [0.1, 0.15) is 142 Å². The first-order chi connectivity index (χ1) is 25.6. The average molecular weight is 764 g/mol. The van der Waals surface area contributed by atoms with Crippen LogP contribution in [0.3, 0.4) is 0 Å². The number of allylic oxidation sites excluding steroid dienone is 12. The third-order valence-corrected chi connectivity index (χ3v) is 9.21. The number of phosphoric ester groups is 1. The number of esters is 1. The first-order valence-corrected chi connectivity index (χ1v) is 22.1. The quantitative estimate of drug-likeness (QED) is 0.0204. The fourth-order valence-electron chi connectivity index (χ4n) is 5.04. The Morgan fingerprint density at radius 1 is 0.604 bits per heavy atom. The number of ether oxygens (including phenoxy) is 2. The first-order valence-electron chi connectivity index (χ1n) is 20.7. The van der Waals surface area contributed by atoms with Gasteiger partial charge in [-0.1, -0.05) is 132 Å². The summed E-state index contributed by atoms with van der Waals surface area (Å²) in [6.07, 6.45) is 46.3. The number of quaternary nitrogens is 1. The van der Waals surface area contributed by atoms with Crippen molar-refractivity contribution in [2.75, 3.05) is 54.1 Å². The van der Waals surface area contributed by atoms with Crippen molar-refractivity contribution in [1.29, 1.82) is 0 Å². The summed E-state index contributed by atoms with van der Waals surface area (Å²) in [4.78, 5) is 25.0. The number of hydrogen-bond acceptors (Lipinski definition) is 7. The molecule has 2 unspecified atom stereocenters. The van der Waals surface area contributed by atoms with Gasteiger partial charge in [0, 0.05) is 13.0 Å². The molecule has 0 radical (unpaired) electrons. The van der Waals surface area contributed by atoms with Crippen LogP contribution in [0.4, 0.5) is 0 Å². The van der Waals surface area contributed by atoms with E-state index in [0.717, 1.165) is 57.8 Å². The van der Waals surface area contributed by atoms with E-state index in [1.165, 1.54) is 57.8 Å². The molecule has 306 valence electrons. The summed E-state index contributed by atoms with van der Waals surface area (Å²) < 4.78 is 34.4. The summed E-state index contributed by atoms with van der Waals surface area (Å²) in [5, 5.41) is 0. The first kappa shape index (κ1) is 50.9. The predicted molar refractivity (Wildman–Crippen MR) is 222 cm³/mol. The molecule has 2 atom stereocenters. The highest BCUT2D eigenvalue weighted by atomic mass is 31.2. The number of nitrogens with zero attached hydrogens (tertiary/aromatic N) is 1. The van der Waals surface area contributed by atoms with Crippen LogP contribution in [-0.4, -0.2) is 70.7 Å². The fourth-order valence-corrected chi connectivity index (χ4v) is 5.77. The van der Waals surface area contributed by atoms with Gasteiger partial charge < -0.3 is 27.9 Å². The predicted octanol–water partition coefficient (Wildman–Crippen LogP) is 11.3. The minimum absolute atomic E-state index is 0.0108. The molecule has 0 N–H and O–H groups in total. The Balaban J connectivity index is 4.41. The Labute approximate surface area is 325 Å². The zero-order valence-electron chi connectivity index (χ0n) is 34.4. The molecule has 0 spiro atoms. The minimum atomic E-state index is -4.54. The summed E-state index contributed by atoms with van der Waals surface area (Å²) in [5.74, 6) is -0.396. The van der Waals surface area contributed by atoms with Crippen molar-refractivity contribution in [1.82, 2.24) is 0 Å². The Hall–Kier alpha value is -2.06. The normalized spacial score (nSPS) is 14.6. The third kappa shape index (κ3) is 41.0. The molecule has 53 heavy (non-hydrogen) atoms. The summed E-state index contributed by atoms with van der Waals surface area (Å²) >= 11 is 0. The van der Waals surface area contributed by atoms with Gasteiger partial charge in [0.15, 0.2) is 0 Å². The highest BCUT2D eigenvalue weighted by Gasteiger charge is 2.20. The van der Waals surface area contributed by atoms with Crippen molar-refractivity contribution in [3.8, 4) is 0 Å². The maximum Gasteiger partial charge on any atom is 0.306 e. The Morgan fingerprint density at radius 3 is 1.66 bits per heavy atom. The molecular weight excluding hydrogens is 685 g/mol. The van der Waals surface area contributed by atoms with E-state index in [1.54, 1.807) is 0 Å². The maximum absolute atomic E-state index is 12.6. The molecule has 0 bridgehead atoms. The molecular formula is C44H78NO7P. The molecule has 0 aromatic carbocycles. The summed E-state index contributed by atoms with van der Waals surface area (Å²) in [6, 6.07) is 0. The molecule has 0 fully saturated rings. The van der Waals surface area contributed by atoms with Gasteiger partial charge in [-0.2, -0.15) is 0 Å². The summed E-state index contributed by atoms with van der Waals surface area (Å²) in [5.41, 5.74) is 0. The number of phosphoric acid groups is 1. The molecule has 0 rings (SSSR count). The second-order valence-electron chi connectivity index (χ2n) is 14.6. The molecule has 0 amide bonds. The van der Waals surface area contributed by atoms with Crippen LogP contribution in [0.25, 0.3) is 0 Å². The van der Waals surface area contributed by atoms with E-state index in [0.29, 0.717) is 24.1 Å². The maximum atomic E-state index is 12.6. The molecule has 0 aromatic rings. The average Bonchev–Trinajstić information content (AvgIpc) is 3.11. The van der Waals surface area contributed by atoms with Gasteiger partial charge in [-0.05, 0) is 77.0 Å². The van der Waals surface area contributed by atoms with Crippen LogP contribution in [-0.2, 0) is 27.9 Å². The number of unbranched alkanes of at least 4 members (excludes halogenated alkanes) is 11. The molecule has 8 nitrogen and oxygen atoms in total. The van der Waals surface area contributed by atoms with E-state index in [2.05, 4.69) is 86.8 Å². The Kier molecular flexibility index (Phi) is 35.5. The lowest BCUT2D eigenvalue weighted by atomic mass is 10.1. The molecule has 0 aromatic heterocycles. The third-order valence-electron chi connectivity index (χ3n) is 8.24. The van der Waals surface area contributed by atoms with Gasteiger partial charge in [-0.25, -0.2) is 0 Å². The SMILES string of the molecule is CC/C=C\C/C=C\C/C=C\C/C=C\C/C=C\CCCC(=O)OC(COCCCCCCCC/C=C\CCCCCC)COP(=O)([O-])OCC[N+](C)(C)C. The topological polar surface area (TPSA) is 94.1 Å². The lowest BCUT2D eigenvalue weighted by molar-refractivity contribution is -0.870. The second kappa shape index (κ2) is 36.9. The number of rotatable bonds is 37. The van der Waals surface area contributed by atoms with Gasteiger partial charge in [-0.15, -0.1) is 0 Å². The molecule has 0 aliphatic heterocycles. The van der Waals surface area contributed by atoms with E-state index in [1.807, 2.05) is 21.1 Å². The summed E-state index contributed by atoms with van der Waals surface area (Å²) in [6.45, 7) is 5.16. The van der Waals surface area contributed by atoms with Crippen molar-refractivity contribution in [3.63, 3.8) is 0 Å². The lowest BCUT2D eigenvalue weighted by Gasteiger charge is -2.28. The molecule has 9 heteroatoms. The van der Waals surface area contributed by atoms with Gasteiger partial charge in [0.25, 0.3) is 7.82 Å². The van der Waals surface area contributed by atoms with E-state index in [9.17, 15) is 14.3 Å². The van der Waals surface area contributed by atoms with Gasteiger partial charge >= 0.3 is 5.97 Å². The molecule has 0 aliphatic carbocycles. The highest BCUT2D eigenvalue weighted by molar-refractivity contribution is 7.45. The lowest BCUT2D eigenvalue weighted by Crippen LogP contribution is -2.37. The second-order valence-corrected chi connectivity index (χ2v) is 16.0. The van der Waals surface area contributed by atoms with E-state index >= 15 is 0 Å². The molecule has 0 saturated heterocycles. The van der Waals surface area contributed by atoms with Gasteiger partial charge in [-0.3, -0.25) is 9.36 Å². The highest BCUT2D eigenvalue weighted by Crippen LogP contribution is 2.38. The monoisotopic (exact) mass is 764 g/mol. The van der Waals surface area contributed by atoms with Crippen molar-refractivity contribution < 1.29 is 37.3 Å². The van der Waals surface area contributed by atoms with Gasteiger partial charge in [0.05, 0.1) is 34.4 Å². The van der Waals surface area contributed by atoms with Crippen molar-refractivity contribution in [2.45, 2.75) is 148 Å². The van der Waals surface area contributed by atoms with Crippen LogP contribution < -0.4 is 4.89 Å². The fraction of sp³-hybridized carbons (Fsp3) is 0.705. The van der Waals surface area contributed by atoms with Crippen LogP contribution in [0, 0.1) is 0 Å².